The third-order valence-electron chi connectivity index (χ3n) is 3.47. The molecule has 3 heterocycles. The molecule has 0 fully saturated rings. The van der Waals surface area contributed by atoms with Gasteiger partial charge in [0.25, 0.3) is 6.01 Å². The van der Waals surface area contributed by atoms with Gasteiger partial charge in [-0.1, -0.05) is 30.0 Å². The summed E-state index contributed by atoms with van der Waals surface area (Å²) in [5.74, 6) is 6.48. The summed E-state index contributed by atoms with van der Waals surface area (Å²) in [4.78, 5) is 19.9. The van der Waals surface area contributed by atoms with Crippen molar-refractivity contribution >= 4 is 39.9 Å². The summed E-state index contributed by atoms with van der Waals surface area (Å²) >= 11 is 7.55. The van der Waals surface area contributed by atoms with Crippen LogP contribution in [-0.4, -0.2) is 31.5 Å². The molecule has 134 valence electrons. The number of hydrogen-bond donors (Lipinski definition) is 2. The van der Waals surface area contributed by atoms with Gasteiger partial charge in [0.1, 0.15) is 5.01 Å². The van der Waals surface area contributed by atoms with E-state index in [9.17, 15) is 0 Å². The molecule has 7 nitrogen and oxygen atoms in total. The van der Waals surface area contributed by atoms with Crippen molar-refractivity contribution in [1.82, 2.24) is 24.9 Å². The highest BCUT2D eigenvalue weighted by Crippen LogP contribution is 2.23. The van der Waals surface area contributed by atoms with E-state index in [2.05, 4.69) is 42.1 Å². The summed E-state index contributed by atoms with van der Waals surface area (Å²) in [7, 11) is 0. The minimum Gasteiger partial charge on any atom is -0.452 e. The molecule has 0 unspecified atom stereocenters. The van der Waals surface area contributed by atoms with Gasteiger partial charge in [0.05, 0.1) is 6.54 Å². The molecule has 1 aromatic carbocycles. The number of imidazole rings is 1. The molecular formula is C18H13ClN6OS. The van der Waals surface area contributed by atoms with Crippen LogP contribution in [0, 0.1) is 11.8 Å². The number of aromatic nitrogens is 5. The first kappa shape index (κ1) is 17.3. The number of anilines is 1. The van der Waals surface area contributed by atoms with Crippen molar-refractivity contribution in [1.29, 1.82) is 0 Å². The van der Waals surface area contributed by atoms with E-state index in [0.717, 1.165) is 10.6 Å². The summed E-state index contributed by atoms with van der Waals surface area (Å²) in [5, 5.41) is 6.14. The molecule has 9 heteroatoms. The van der Waals surface area contributed by atoms with Crippen LogP contribution >= 0.6 is 22.9 Å². The van der Waals surface area contributed by atoms with Gasteiger partial charge in [-0.05, 0) is 23.7 Å². The highest BCUT2D eigenvalue weighted by atomic mass is 35.5. The summed E-state index contributed by atoms with van der Waals surface area (Å²) in [5.41, 5.74) is 1.96. The summed E-state index contributed by atoms with van der Waals surface area (Å²) in [6.07, 6.45) is 1.75. The average molecular weight is 397 g/mol. The van der Waals surface area contributed by atoms with E-state index in [1.165, 1.54) is 0 Å². The second-order valence-corrected chi connectivity index (χ2v) is 6.63. The Morgan fingerprint density at radius 3 is 2.89 bits per heavy atom. The number of halogens is 1. The van der Waals surface area contributed by atoms with Crippen LogP contribution in [0.15, 0.2) is 41.9 Å². The Morgan fingerprint density at radius 2 is 2.07 bits per heavy atom. The zero-order valence-corrected chi connectivity index (χ0v) is 15.5. The van der Waals surface area contributed by atoms with Crippen molar-refractivity contribution in [2.45, 2.75) is 6.54 Å². The van der Waals surface area contributed by atoms with E-state index >= 15 is 0 Å². The number of nitrogens with one attached hydrogen (secondary N) is 2. The van der Waals surface area contributed by atoms with Gasteiger partial charge in [0.2, 0.25) is 5.28 Å². The number of aromatic amines is 1. The fraction of sp³-hybridized carbons (Fsp3) is 0.111. The van der Waals surface area contributed by atoms with Crippen molar-refractivity contribution < 1.29 is 4.74 Å². The summed E-state index contributed by atoms with van der Waals surface area (Å²) in [6, 6.07) is 10.0. The molecule has 0 atom stereocenters. The van der Waals surface area contributed by atoms with Crippen molar-refractivity contribution in [3.8, 4) is 17.9 Å². The summed E-state index contributed by atoms with van der Waals surface area (Å²) in [6.45, 7) is 0.712. The lowest BCUT2D eigenvalue weighted by Crippen LogP contribution is -2.02. The molecule has 0 saturated carbocycles. The first-order valence-electron chi connectivity index (χ1n) is 8.00. The molecule has 0 aliphatic rings. The maximum atomic E-state index is 6.00. The molecule has 0 radical (unpaired) electrons. The van der Waals surface area contributed by atoms with Crippen molar-refractivity contribution in [2.75, 3.05) is 11.9 Å². The van der Waals surface area contributed by atoms with Crippen LogP contribution in [0.3, 0.4) is 0 Å². The number of ether oxygens (including phenoxy) is 1. The van der Waals surface area contributed by atoms with Gasteiger partial charge in [-0.25, -0.2) is 4.98 Å². The third-order valence-corrected chi connectivity index (χ3v) is 4.42. The summed E-state index contributed by atoms with van der Waals surface area (Å²) < 4.78 is 5.57. The molecule has 0 amide bonds. The van der Waals surface area contributed by atoms with E-state index in [0.29, 0.717) is 29.5 Å². The van der Waals surface area contributed by atoms with Crippen LogP contribution in [0.2, 0.25) is 5.28 Å². The minimum atomic E-state index is 0.114. The zero-order chi connectivity index (χ0) is 18.5. The molecular weight excluding hydrogens is 384 g/mol. The number of benzene rings is 1. The first-order chi connectivity index (χ1) is 13.3. The average Bonchev–Trinajstić information content (AvgIpc) is 3.33. The Labute approximate surface area is 163 Å². The van der Waals surface area contributed by atoms with E-state index in [4.69, 9.17) is 16.3 Å². The van der Waals surface area contributed by atoms with Gasteiger partial charge in [0.15, 0.2) is 23.6 Å². The van der Waals surface area contributed by atoms with Crippen LogP contribution in [0.25, 0.3) is 11.2 Å². The van der Waals surface area contributed by atoms with Gasteiger partial charge in [-0.3, -0.25) is 4.98 Å². The van der Waals surface area contributed by atoms with Crippen LogP contribution in [0.5, 0.6) is 6.01 Å². The lowest BCUT2D eigenvalue weighted by Gasteiger charge is -2.03. The van der Waals surface area contributed by atoms with Crippen LogP contribution in [0.1, 0.15) is 10.6 Å². The predicted molar refractivity (Wildman–Crippen MR) is 105 cm³/mol. The second-order valence-electron chi connectivity index (χ2n) is 5.32. The number of rotatable bonds is 5. The van der Waals surface area contributed by atoms with Gasteiger partial charge in [0, 0.05) is 17.1 Å². The lowest BCUT2D eigenvalue weighted by molar-refractivity contribution is 0.344. The highest BCUT2D eigenvalue weighted by Gasteiger charge is 2.13. The predicted octanol–water partition coefficient (Wildman–Crippen LogP) is 3.51. The van der Waals surface area contributed by atoms with Crippen molar-refractivity contribution in [2.24, 2.45) is 0 Å². The third kappa shape index (κ3) is 4.34. The topological polar surface area (TPSA) is 88.6 Å². The number of H-pyrrole nitrogens is 1. The number of thiazole rings is 1. The standard InChI is InChI=1S/C18H13ClN6OS/c19-17-23-15(21-11-13-20-8-10-27-13)14-16(24-17)25-18(22-14)26-9-4-7-12-5-2-1-3-6-12/h1-3,5-6,8,10H,9,11H2,(H2,21,22,23,24,25). The zero-order valence-electron chi connectivity index (χ0n) is 13.9. The van der Waals surface area contributed by atoms with Crippen LogP contribution in [-0.2, 0) is 6.54 Å². The Kier molecular flexibility index (Phi) is 5.14. The molecule has 27 heavy (non-hydrogen) atoms. The first-order valence-corrected chi connectivity index (χ1v) is 9.26. The Hall–Kier alpha value is -3.15. The Bertz CT molecular complexity index is 1100. The molecule has 0 aliphatic heterocycles. The Balaban J connectivity index is 1.48. The normalized spacial score (nSPS) is 10.4. The van der Waals surface area contributed by atoms with E-state index in [-0.39, 0.29) is 11.9 Å². The highest BCUT2D eigenvalue weighted by molar-refractivity contribution is 7.09. The van der Waals surface area contributed by atoms with Crippen LogP contribution < -0.4 is 10.1 Å². The SMILES string of the molecule is Clc1nc(NCc2nccs2)c2nc(OCC#Cc3ccccc3)[nH]c2n1. The number of hydrogen-bond acceptors (Lipinski definition) is 7. The molecule has 0 spiro atoms. The smallest absolute Gasteiger partial charge is 0.296 e. The van der Waals surface area contributed by atoms with Gasteiger partial charge >= 0.3 is 0 Å². The molecule has 0 bridgehead atoms. The molecule has 4 rings (SSSR count). The van der Waals surface area contributed by atoms with Gasteiger partial charge < -0.3 is 10.1 Å². The molecule has 4 aromatic rings. The van der Waals surface area contributed by atoms with E-state index in [1.54, 1.807) is 17.5 Å². The molecule has 0 saturated heterocycles. The second kappa shape index (κ2) is 8.03. The van der Waals surface area contributed by atoms with Crippen molar-refractivity contribution in [3.05, 3.63) is 57.8 Å². The van der Waals surface area contributed by atoms with E-state index < -0.39 is 0 Å². The van der Waals surface area contributed by atoms with E-state index in [1.807, 2.05) is 35.7 Å². The maximum Gasteiger partial charge on any atom is 0.296 e. The fourth-order valence-corrected chi connectivity index (χ4v) is 3.03. The number of fused-ring (bicyclic) bond motifs is 1. The quantitative estimate of drug-likeness (QED) is 0.396. The minimum absolute atomic E-state index is 0.114. The lowest BCUT2D eigenvalue weighted by atomic mass is 10.2. The van der Waals surface area contributed by atoms with Gasteiger partial charge in [-0.15, -0.1) is 11.3 Å². The van der Waals surface area contributed by atoms with Crippen LogP contribution in [0.4, 0.5) is 5.82 Å². The molecule has 0 aliphatic carbocycles. The monoisotopic (exact) mass is 396 g/mol. The fourth-order valence-electron chi connectivity index (χ4n) is 2.31. The van der Waals surface area contributed by atoms with Gasteiger partial charge in [-0.2, -0.15) is 15.0 Å². The van der Waals surface area contributed by atoms with Crippen molar-refractivity contribution in [3.63, 3.8) is 0 Å². The molecule has 2 N–H and O–H groups in total. The number of nitrogens with zero attached hydrogens (tertiary/aromatic N) is 4. The molecule has 3 aromatic heterocycles. The largest absolute Gasteiger partial charge is 0.452 e. The Morgan fingerprint density at radius 1 is 1.19 bits per heavy atom. The maximum absolute atomic E-state index is 6.00.